The molecule has 0 spiro atoms. The number of ether oxygens (including phenoxy) is 2. The van der Waals surface area contributed by atoms with Crippen LogP contribution in [0.15, 0.2) is 0 Å². The minimum atomic E-state index is -2.23. The summed E-state index contributed by atoms with van der Waals surface area (Å²) >= 11 is 0. The quantitative estimate of drug-likeness (QED) is 0.292. The summed E-state index contributed by atoms with van der Waals surface area (Å²) in [7, 11) is 0. The Morgan fingerprint density at radius 3 is 2.00 bits per heavy atom. The van der Waals surface area contributed by atoms with Crippen LogP contribution in [-0.4, -0.2) is 24.8 Å². The molecule has 0 fully saturated rings. The zero-order chi connectivity index (χ0) is 11.4. The summed E-state index contributed by atoms with van der Waals surface area (Å²) in [5.74, 6) is -2.29. The largest absolute Gasteiger partial charge is 0.427 e. The predicted molar refractivity (Wildman–Crippen MR) is 42.6 cm³/mol. The van der Waals surface area contributed by atoms with Gasteiger partial charge in [0, 0.05) is 0 Å². The summed E-state index contributed by atoms with van der Waals surface area (Å²) in [4.78, 5) is 31.0. The molecule has 0 aromatic heterocycles. The number of rotatable bonds is 3. The molecular formula is C8H11FO5. The van der Waals surface area contributed by atoms with Crippen LogP contribution in [0.3, 0.4) is 0 Å². The zero-order valence-electron chi connectivity index (χ0n) is 8.13. The summed E-state index contributed by atoms with van der Waals surface area (Å²) in [6, 6.07) is -2.23. The van der Waals surface area contributed by atoms with Gasteiger partial charge in [-0.05, 0) is 20.8 Å². The molecule has 0 radical (unpaired) electrons. The lowest BCUT2D eigenvalue weighted by Crippen LogP contribution is -2.25. The van der Waals surface area contributed by atoms with Gasteiger partial charge in [-0.15, -0.1) is 0 Å². The first-order valence-corrected chi connectivity index (χ1v) is 3.79. The lowest BCUT2D eigenvalue weighted by atomic mass is 9.98. The van der Waals surface area contributed by atoms with Crippen molar-refractivity contribution < 1.29 is 28.2 Å². The molecule has 0 aliphatic heterocycles. The first-order chi connectivity index (χ1) is 6.25. The van der Waals surface area contributed by atoms with Crippen LogP contribution in [0.1, 0.15) is 20.8 Å². The number of carbonyl (C=O) groups excluding carboxylic acids is 3. The third-order valence-corrected chi connectivity index (χ3v) is 1.15. The van der Waals surface area contributed by atoms with Crippen LogP contribution >= 0.6 is 0 Å². The van der Waals surface area contributed by atoms with E-state index in [1.165, 1.54) is 0 Å². The van der Waals surface area contributed by atoms with Gasteiger partial charge in [0.2, 0.25) is 6.79 Å². The summed E-state index contributed by atoms with van der Waals surface area (Å²) in [5.41, 5.74) is -0.744. The van der Waals surface area contributed by atoms with Gasteiger partial charge in [0.05, 0.1) is 5.41 Å². The van der Waals surface area contributed by atoms with E-state index in [1.54, 1.807) is 20.8 Å². The van der Waals surface area contributed by atoms with Crippen LogP contribution in [0.2, 0.25) is 0 Å². The minimum Gasteiger partial charge on any atom is -0.427 e. The molecule has 0 heterocycles. The summed E-state index contributed by atoms with van der Waals surface area (Å²) in [5, 5.41) is 0. The van der Waals surface area contributed by atoms with Crippen LogP contribution in [0.4, 0.5) is 4.39 Å². The maximum atomic E-state index is 11.6. The van der Waals surface area contributed by atoms with Crippen molar-refractivity contribution in [1.82, 2.24) is 0 Å². The van der Waals surface area contributed by atoms with Gasteiger partial charge >= 0.3 is 18.0 Å². The van der Waals surface area contributed by atoms with Gasteiger partial charge in [-0.3, -0.25) is 4.79 Å². The molecule has 5 nitrogen and oxygen atoms in total. The fraction of sp³-hybridized carbons (Fsp3) is 0.625. The van der Waals surface area contributed by atoms with E-state index in [1.807, 2.05) is 0 Å². The Hall–Kier alpha value is -1.46. The van der Waals surface area contributed by atoms with Crippen LogP contribution < -0.4 is 0 Å². The normalized spacial score (nSPS) is 10.6. The highest BCUT2D eigenvalue weighted by atomic mass is 19.1. The Kier molecular flexibility index (Phi) is 4.20. The van der Waals surface area contributed by atoms with Gasteiger partial charge in [-0.1, -0.05) is 0 Å². The van der Waals surface area contributed by atoms with Crippen molar-refractivity contribution in [3.8, 4) is 0 Å². The van der Waals surface area contributed by atoms with Gasteiger partial charge < -0.3 is 9.47 Å². The van der Waals surface area contributed by atoms with E-state index in [9.17, 15) is 18.8 Å². The molecular weight excluding hydrogens is 195 g/mol. The van der Waals surface area contributed by atoms with Gasteiger partial charge in [0.25, 0.3) is 0 Å². The molecule has 0 aliphatic carbocycles. The lowest BCUT2D eigenvalue weighted by molar-refractivity contribution is -0.177. The Balaban J connectivity index is 3.82. The predicted octanol–water partition coefficient (Wildman–Crippen LogP) is 0.572. The Morgan fingerprint density at radius 1 is 1.14 bits per heavy atom. The van der Waals surface area contributed by atoms with Crippen molar-refractivity contribution in [2.45, 2.75) is 20.8 Å². The molecule has 0 atom stereocenters. The van der Waals surface area contributed by atoms with E-state index < -0.39 is 30.2 Å². The average molecular weight is 206 g/mol. The third-order valence-electron chi connectivity index (χ3n) is 1.15. The monoisotopic (exact) mass is 206 g/mol. The third kappa shape index (κ3) is 4.54. The van der Waals surface area contributed by atoms with Gasteiger partial charge in [0.15, 0.2) is 0 Å². The molecule has 0 aromatic rings. The molecule has 80 valence electrons. The molecule has 0 unspecified atom stereocenters. The van der Waals surface area contributed by atoms with Crippen LogP contribution in [0.5, 0.6) is 0 Å². The van der Waals surface area contributed by atoms with Crippen LogP contribution in [0.25, 0.3) is 0 Å². The molecule has 0 saturated carbocycles. The average Bonchev–Trinajstić information content (AvgIpc) is 2.01. The van der Waals surface area contributed by atoms with Crippen molar-refractivity contribution in [3.05, 3.63) is 0 Å². The molecule has 14 heavy (non-hydrogen) atoms. The van der Waals surface area contributed by atoms with Crippen molar-refractivity contribution in [2.24, 2.45) is 5.41 Å². The highest BCUT2D eigenvalue weighted by Gasteiger charge is 2.23. The molecule has 0 bridgehead atoms. The smallest absolute Gasteiger partial charge is 0.412 e. The number of hydrogen-bond acceptors (Lipinski definition) is 5. The maximum absolute atomic E-state index is 11.6. The molecule has 0 rings (SSSR count). The number of halogens is 1. The number of carbonyl (C=O) groups is 3. The Labute approximate surface area is 80.2 Å². The standard InChI is InChI=1S/C8H11FO5/c1-8(2,3)7(12)14-4-13-6(11)5(9)10/h4H2,1-3H3. The highest BCUT2D eigenvalue weighted by molar-refractivity contribution is 6.29. The van der Waals surface area contributed by atoms with Gasteiger partial charge in [-0.2, -0.15) is 4.39 Å². The maximum Gasteiger partial charge on any atom is 0.412 e. The summed E-state index contributed by atoms with van der Waals surface area (Å²) in [6.45, 7) is 4.02. The van der Waals surface area contributed by atoms with E-state index in [-0.39, 0.29) is 0 Å². The van der Waals surface area contributed by atoms with Crippen molar-refractivity contribution in [2.75, 3.05) is 6.79 Å². The SMILES string of the molecule is CC(C)(C)C(=O)OCOC(=O)C(=O)F. The van der Waals surface area contributed by atoms with Gasteiger partial charge in [0.1, 0.15) is 0 Å². The number of hydrogen-bond donors (Lipinski definition) is 0. The molecule has 0 aromatic carbocycles. The fourth-order valence-electron chi connectivity index (χ4n) is 0.410. The van der Waals surface area contributed by atoms with E-state index in [0.717, 1.165) is 0 Å². The molecule has 0 aliphatic rings. The van der Waals surface area contributed by atoms with Crippen LogP contribution in [0, 0.1) is 5.41 Å². The van der Waals surface area contributed by atoms with Crippen molar-refractivity contribution in [1.29, 1.82) is 0 Å². The second-order valence-corrected chi connectivity index (χ2v) is 3.51. The van der Waals surface area contributed by atoms with Crippen molar-refractivity contribution in [3.63, 3.8) is 0 Å². The first-order valence-electron chi connectivity index (χ1n) is 3.79. The second-order valence-electron chi connectivity index (χ2n) is 3.51. The van der Waals surface area contributed by atoms with E-state index in [4.69, 9.17) is 0 Å². The van der Waals surface area contributed by atoms with E-state index >= 15 is 0 Å². The molecule has 0 saturated heterocycles. The molecule has 0 amide bonds. The first kappa shape index (κ1) is 12.5. The summed E-state index contributed by atoms with van der Waals surface area (Å²) < 4.78 is 20.0. The Bertz CT molecular complexity index is 253. The van der Waals surface area contributed by atoms with Crippen molar-refractivity contribution >= 4 is 18.0 Å². The van der Waals surface area contributed by atoms with Gasteiger partial charge in [-0.25, -0.2) is 9.59 Å². The lowest BCUT2D eigenvalue weighted by Gasteiger charge is -2.15. The zero-order valence-corrected chi connectivity index (χ0v) is 8.13. The highest BCUT2D eigenvalue weighted by Crippen LogP contribution is 2.14. The molecule has 0 N–H and O–H groups in total. The second kappa shape index (κ2) is 4.69. The number of esters is 2. The minimum absolute atomic E-state index is 0.614. The summed E-state index contributed by atoms with van der Waals surface area (Å²) in [6.07, 6.45) is 0. The Morgan fingerprint density at radius 2 is 1.64 bits per heavy atom. The molecule has 6 heteroatoms. The van der Waals surface area contributed by atoms with Crippen LogP contribution in [-0.2, 0) is 23.9 Å². The van der Waals surface area contributed by atoms with E-state index in [2.05, 4.69) is 9.47 Å². The fourth-order valence-corrected chi connectivity index (χ4v) is 0.410. The van der Waals surface area contributed by atoms with E-state index in [0.29, 0.717) is 0 Å². The topological polar surface area (TPSA) is 69.7 Å².